The minimum Gasteiger partial charge on any atom is -0.492 e. The summed E-state index contributed by atoms with van der Waals surface area (Å²) in [5.74, 6) is 1.45. The standard InChI is InChI=1S/C17H24N2O4/c1-17(2,3)23-16(20)19-7-6-13(11-19)22-15-9-12-5-4-8-21-14(12)10-18-15/h9-10,13H,4-8,11H2,1-3H3/t13-/m0/s1. The third-order valence-corrected chi connectivity index (χ3v) is 3.86. The number of carbonyl (C=O) groups is 1. The topological polar surface area (TPSA) is 60.9 Å². The summed E-state index contributed by atoms with van der Waals surface area (Å²) < 4.78 is 16.9. The van der Waals surface area contributed by atoms with Gasteiger partial charge in [-0.1, -0.05) is 0 Å². The highest BCUT2D eigenvalue weighted by Gasteiger charge is 2.31. The molecule has 2 aliphatic heterocycles. The third-order valence-electron chi connectivity index (χ3n) is 3.86. The van der Waals surface area contributed by atoms with Gasteiger partial charge in [-0.3, -0.25) is 0 Å². The van der Waals surface area contributed by atoms with E-state index >= 15 is 0 Å². The number of aromatic nitrogens is 1. The zero-order valence-corrected chi connectivity index (χ0v) is 14.0. The van der Waals surface area contributed by atoms with Crippen molar-refractivity contribution in [3.63, 3.8) is 0 Å². The summed E-state index contributed by atoms with van der Waals surface area (Å²) in [5, 5.41) is 0. The first-order valence-electron chi connectivity index (χ1n) is 8.17. The van der Waals surface area contributed by atoms with E-state index in [1.807, 2.05) is 26.8 Å². The van der Waals surface area contributed by atoms with Gasteiger partial charge in [0.1, 0.15) is 17.5 Å². The lowest BCUT2D eigenvalue weighted by Crippen LogP contribution is -2.36. The minimum absolute atomic E-state index is 0.0439. The van der Waals surface area contributed by atoms with Crippen molar-refractivity contribution in [1.29, 1.82) is 0 Å². The van der Waals surface area contributed by atoms with Gasteiger partial charge in [0, 0.05) is 24.6 Å². The van der Waals surface area contributed by atoms with E-state index in [1.165, 1.54) is 0 Å². The maximum absolute atomic E-state index is 12.1. The van der Waals surface area contributed by atoms with E-state index in [0.717, 1.165) is 37.2 Å². The third kappa shape index (κ3) is 4.06. The Morgan fingerprint density at radius 1 is 1.43 bits per heavy atom. The van der Waals surface area contributed by atoms with Crippen molar-refractivity contribution in [2.45, 2.75) is 51.7 Å². The number of rotatable bonds is 2. The lowest BCUT2D eigenvalue weighted by Gasteiger charge is -2.24. The molecule has 1 aromatic heterocycles. The van der Waals surface area contributed by atoms with Gasteiger partial charge in [0.2, 0.25) is 5.88 Å². The molecular weight excluding hydrogens is 296 g/mol. The predicted molar refractivity (Wildman–Crippen MR) is 84.9 cm³/mol. The van der Waals surface area contributed by atoms with Crippen molar-refractivity contribution >= 4 is 6.09 Å². The first-order chi connectivity index (χ1) is 10.9. The van der Waals surface area contributed by atoms with Crippen LogP contribution in [0.1, 0.15) is 39.2 Å². The van der Waals surface area contributed by atoms with Crippen LogP contribution in [0.3, 0.4) is 0 Å². The molecule has 6 nitrogen and oxygen atoms in total. The number of ether oxygens (including phenoxy) is 3. The average molecular weight is 320 g/mol. The zero-order valence-electron chi connectivity index (χ0n) is 14.0. The second kappa shape index (κ2) is 6.26. The number of aryl methyl sites for hydroxylation is 1. The molecule has 126 valence electrons. The van der Waals surface area contributed by atoms with Gasteiger partial charge < -0.3 is 19.1 Å². The monoisotopic (exact) mass is 320 g/mol. The Bertz CT molecular complexity index is 582. The highest BCUT2D eigenvalue weighted by Crippen LogP contribution is 2.27. The SMILES string of the molecule is CC(C)(C)OC(=O)N1CC[C@H](Oc2cc3c(cn2)OCCC3)C1. The molecule has 1 saturated heterocycles. The van der Waals surface area contributed by atoms with Gasteiger partial charge in [-0.05, 0) is 33.6 Å². The molecule has 2 aliphatic rings. The number of hydrogen-bond acceptors (Lipinski definition) is 5. The van der Waals surface area contributed by atoms with Crippen LogP contribution in [-0.2, 0) is 11.2 Å². The Morgan fingerprint density at radius 2 is 2.26 bits per heavy atom. The molecule has 0 aliphatic carbocycles. The Balaban J connectivity index is 1.57. The van der Waals surface area contributed by atoms with Crippen LogP contribution < -0.4 is 9.47 Å². The quantitative estimate of drug-likeness (QED) is 0.838. The van der Waals surface area contributed by atoms with Gasteiger partial charge >= 0.3 is 6.09 Å². The Kier molecular flexibility index (Phi) is 4.33. The summed E-state index contributed by atoms with van der Waals surface area (Å²) in [6.07, 6.45) is 4.20. The fraction of sp³-hybridized carbons (Fsp3) is 0.647. The molecule has 1 fully saturated rings. The predicted octanol–water partition coefficient (Wildman–Crippen LogP) is 2.79. The molecule has 0 unspecified atom stereocenters. The van der Waals surface area contributed by atoms with Crippen LogP contribution in [0.25, 0.3) is 0 Å². The first kappa shape index (κ1) is 15.9. The molecule has 0 radical (unpaired) electrons. The normalized spacial score (nSPS) is 20.7. The Morgan fingerprint density at radius 3 is 3.04 bits per heavy atom. The summed E-state index contributed by atoms with van der Waals surface area (Å²) in [5.41, 5.74) is 0.666. The number of carbonyl (C=O) groups excluding carboxylic acids is 1. The van der Waals surface area contributed by atoms with Crippen LogP contribution in [-0.4, -0.2) is 47.4 Å². The molecule has 1 atom stereocenters. The first-order valence-corrected chi connectivity index (χ1v) is 8.17. The van der Waals surface area contributed by atoms with Crippen molar-refractivity contribution in [3.05, 3.63) is 17.8 Å². The molecule has 6 heteroatoms. The van der Waals surface area contributed by atoms with Gasteiger partial charge in [0.05, 0.1) is 19.3 Å². The number of fused-ring (bicyclic) bond motifs is 1. The van der Waals surface area contributed by atoms with E-state index in [4.69, 9.17) is 14.2 Å². The maximum atomic E-state index is 12.1. The number of pyridine rings is 1. The second-order valence-corrected chi connectivity index (χ2v) is 7.04. The molecule has 0 aromatic carbocycles. The lowest BCUT2D eigenvalue weighted by atomic mass is 10.1. The highest BCUT2D eigenvalue weighted by molar-refractivity contribution is 5.68. The molecular formula is C17H24N2O4. The highest BCUT2D eigenvalue weighted by atomic mass is 16.6. The Hall–Kier alpha value is -1.98. The van der Waals surface area contributed by atoms with Gasteiger partial charge in [-0.2, -0.15) is 0 Å². The fourth-order valence-electron chi connectivity index (χ4n) is 2.78. The number of nitrogens with zero attached hydrogens (tertiary/aromatic N) is 2. The van der Waals surface area contributed by atoms with E-state index in [1.54, 1.807) is 11.1 Å². The van der Waals surface area contributed by atoms with Crippen molar-refractivity contribution in [1.82, 2.24) is 9.88 Å². The smallest absolute Gasteiger partial charge is 0.410 e. The van der Waals surface area contributed by atoms with Crippen LogP contribution in [0.5, 0.6) is 11.6 Å². The molecule has 1 aromatic rings. The van der Waals surface area contributed by atoms with Crippen molar-refractivity contribution in [2.24, 2.45) is 0 Å². The van der Waals surface area contributed by atoms with Crippen molar-refractivity contribution in [3.8, 4) is 11.6 Å². The van der Waals surface area contributed by atoms with E-state index < -0.39 is 5.60 Å². The van der Waals surface area contributed by atoms with Crippen LogP contribution in [0.4, 0.5) is 4.79 Å². The summed E-state index contributed by atoms with van der Waals surface area (Å²) in [4.78, 5) is 18.1. The second-order valence-electron chi connectivity index (χ2n) is 7.04. The summed E-state index contributed by atoms with van der Waals surface area (Å²) in [6.45, 7) is 7.54. The van der Waals surface area contributed by atoms with E-state index in [2.05, 4.69) is 4.98 Å². The molecule has 3 heterocycles. The molecule has 0 spiro atoms. The number of hydrogen-bond donors (Lipinski definition) is 0. The van der Waals surface area contributed by atoms with Gasteiger partial charge in [0.15, 0.2) is 0 Å². The van der Waals surface area contributed by atoms with Crippen molar-refractivity contribution < 1.29 is 19.0 Å². The van der Waals surface area contributed by atoms with Crippen molar-refractivity contribution in [2.75, 3.05) is 19.7 Å². The Labute approximate surface area is 136 Å². The van der Waals surface area contributed by atoms with Crippen LogP contribution in [0.15, 0.2) is 12.3 Å². The fourth-order valence-corrected chi connectivity index (χ4v) is 2.78. The molecule has 3 rings (SSSR count). The van der Waals surface area contributed by atoms with Gasteiger partial charge in [-0.25, -0.2) is 9.78 Å². The molecule has 0 bridgehead atoms. The number of amides is 1. The minimum atomic E-state index is -0.476. The van der Waals surface area contributed by atoms with Crippen LogP contribution in [0.2, 0.25) is 0 Å². The summed E-state index contributed by atoms with van der Waals surface area (Å²) >= 11 is 0. The largest absolute Gasteiger partial charge is 0.492 e. The zero-order chi connectivity index (χ0) is 16.4. The summed E-state index contributed by atoms with van der Waals surface area (Å²) in [6, 6.07) is 1.95. The number of likely N-dealkylation sites (tertiary alicyclic amines) is 1. The molecule has 1 amide bonds. The molecule has 0 N–H and O–H groups in total. The molecule has 23 heavy (non-hydrogen) atoms. The van der Waals surface area contributed by atoms with E-state index in [9.17, 15) is 4.79 Å². The van der Waals surface area contributed by atoms with E-state index in [0.29, 0.717) is 19.0 Å². The van der Waals surface area contributed by atoms with Crippen LogP contribution in [0, 0.1) is 0 Å². The van der Waals surface area contributed by atoms with Gasteiger partial charge in [-0.15, -0.1) is 0 Å². The van der Waals surface area contributed by atoms with Crippen LogP contribution >= 0.6 is 0 Å². The maximum Gasteiger partial charge on any atom is 0.410 e. The van der Waals surface area contributed by atoms with Gasteiger partial charge in [0.25, 0.3) is 0 Å². The lowest BCUT2D eigenvalue weighted by molar-refractivity contribution is 0.0275. The molecule has 0 saturated carbocycles. The average Bonchev–Trinajstić information content (AvgIpc) is 2.94. The van der Waals surface area contributed by atoms with E-state index in [-0.39, 0.29) is 12.2 Å². The summed E-state index contributed by atoms with van der Waals surface area (Å²) in [7, 11) is 0.